The number of para-hydroxylation sites is 1. The molecule has 19 heavy (non-hydrogen) atoms. The highest BCUT2D eigenvalue weighted by Crippen LogP contribution is 2.20. The van der Waals surface area contributed by atoms with Crippen molar-refractivity contribution < 1.29 is 13.9 Å². The van der Waals surface area contributed by atoms with E-state index < -0.39 is 0 Å². The van der Waals surface area contributed by atoms with Gasteiger partial charge in [-0.1, -0.05) is 19.1 Å². The molecule has 0 bridgehead atoms. The van der Waals surface area contributed by atoms with Crippen molar-refractivity contribution in [2.24, 2.45) is 0 Å². The molecule has 1 atom stereocenters. The minimum atomic E-state index is -0.381. The number of ether oxygens (including phenoxy) is 1. The van der Waals surface area contributed by atoms with Gasteiger partial charge in [-0.3, -0.25) is 4.79 Å². The van der Waals surface area contributed by atoms with Gasteiger partial charge in [-0.15, -0.1) is 0 Å². The minimum absolute atomic E-state index is 0.0294. The van der Waals surface area contributed by atoms with Crippen molar-refractivity contribution in [3.63, 3.8) is 0 Å². The van der Waals surface area contributed by atoms with Gasteiger partial charge in [-0.05, 0) is 12.1 Å². The van der Waals surface area contributed by atoms with E-state index in [0.717, 1.165) is 6.29 Å². The van der Waals surface area contributed by atoms with E-state index in [4.69, 9.17) is 4.74 Å². The summed E-state index contributed by atoms with van der Waals surface area (Å²) in [5, 5.41) is 4.30. The molecule has 0 aliphatic heterocycles. The molecule has 0 saturated carbocycles. The van der Waals surface area contributed by atoms with E-state index in [0.29, 0.717) is 23.6 Å². The van der Waals surface area contributed by atoms with Gasteiger partial charge in [-0.2, -0.15) is 5.10 Å². The zero-order chi connectivity index (χ0) is 13.8. The van der Waals surface area contributed by atoms with Crippen molar-refractivity contribution in [1.29, 1.82) is 0 Å². The molecular weight excluding hydrogens is 247 g/mol. The number of carbonyl (C=O) groups excluding carboxylic acids is 1. The van der Waals surface area contributed by atoms with Gasteiger partial charge in [0.2, 0.25) is 0 Å². The van der Waals surface area contributed by atoms with Crippen molar-refractivity contribution >= 4 is 6.29 Å². The number of hydrogen-bond acceptors (Lipinski definition) is 3. The quantitative estimate of drug-likeness (QED) is 0.778. The summed E-state index contributed by atoms with van der Waals surface area (Å²) in [5.74, 6) is -0.411. The normalized spacial score (nSPS) is 12.4. The van der Waals surface area contributed by atoms with Gasteiger partial charge in [0.1, 0.15) is 11.5 Å². The van der Waals surface area contributed by atoms with Crippen molar-refractivity contribution in [3.05, 3.63) is 47.5 Å². The number of aldehydes is 1. The first-order chi connectivity index (χ1) is 9.17. The molecule has 5 heteroatoms. The van der Waals surface area contributed by atoms with E-state index in [1.165, 1.54) is 16.9 Å². The smallest absolute Gasteiger partial charge is 0.153 e. The molecule has 0 spiro atoms. The number of rotatable bonds is 5. The van der Waals surface area contributed by atoms with Gasteiger partial charge in [0.05, 0.1) is 17.9 Å². The standard InChI is InChI=1S/C14H15FN2O2/c1-10(9-19-2)14-11(8-18)7-17(16-14)13-6-4-3-5-12(13)15/h3-8,10H,9H2,1-2H3. The van der Waals surface area contributed by atoms with Crippen LogP contribution < -0.4 is 0 Å². The Balaban J connectivity index is 2.44. The minimum Gasteiger partial charge on any atom is -0.384 e. The first kappa shape index (κ1) is 13.4. The molecule has 0 radical (unpaired) electrons. The van der Waals surface area contributed by atoms with Crippen LogP contribution in [0.2, 0.25) is 0 Å². The number of methoxy groups -OCH3 is 1. The summed E-state index contributed by atoms with van der Waals surface area (Å²) in [5.41, 5.74) is 1.38. The van der Waals surface area contributed by atoms with Crippen LogP contribution in [-0.2, 0) is 4.74 Å². The van der Waals surface area contributed by atoms with Crippen LogP contribution in [-0.4, -0.2) is 29.8 Å². The molecule has 1 aromatic heterocycles. The summed E-state index contributed by atoms with van der Waals surface area (Å²) in [6, 6.07) is 6.30. The largest absolute Gasteiger partial charge is 0.384 e. The molecule has 0 N–H and O–H groups in total. The Morgan fingerprint density at radius 3 is 2.84 bits per heavy atom. The Hall–Kier alpha value is -2.01. The summed E-state index contributed by atoms with van der Waals surface area (Å²) in [6.07, 6.45) is 2.26. The third-order valence-electron chi connectivity index (χ3n) is 2.88. The highest BCUT2D eigenvalue weighted by molar-refractivity contribution is 5.76. The van der Waals surface area contributed by atoms with E-state index in [1.807, 2.05) is 6.92 Å². The van der Waals surface area contributed by atoms with Crippen LogP contribution in [0.4, 0.5) is 4.39 Å². The Kier molecular flexibility index (Phi) is 4.06. The predicted molar refractivity (Wildman–Crippen MR) is 69.2 cm³/mol. The lowest BCUT2D eigenvalue weighted by molar-refractivity contribution is 0.112. The summed E-state index contributed by atoms with van der Waals surface area (Å²) < 4.78 is 20.1. The molecule has 4 nitrogen and oxygen atoms in total. The van der Waals surface area contributed by atoms with Crippen molar-refractivity contribution in [1.82, 2.24) is 9.78 Å². The van der Waals surface area contributed by atoms with E-state index in [2.05, 4.69) is 5.10 Å². The maximum Gasteiger partial charge on any atom is 0.153 e. The molecule has 1 unspecified atom stereocenters. The summed E-state index contributed by atoms with van der Waals surface area (Å²) in [4.78, 5) is 11.1. The zero-order valence-corrected chi connectivity index (χ0v) is 10.8. The van der Waals surface area contributed by atoms with E-state index >= 15 is 0 Å². The van der Waals surface area contributed by atoms with Gasteiger partial charge >= 0.3 is 0 Å². The number of halogens is 1. The van der Waals surface area contributed by atoms with Crippen LogP contribution in [0, 0.1) is 5.82 Å². The molecule has 2 rings (SSSR count). The average Bonchev–Trinajstić information content (AvgIpc) is 2.83. The van der Waals surface area contributed by atoms with Crippen LogP contribution >= 0.6 is 0 Å². The number of nitrogens with zero attached hydrogens (tertiary/aromatic N) is 2. The second-order valence-electron chi connectivity index (χ2n) is 4.34. The van der Waals surface area contributed by atoms with Crippen molar-refractivity contribution in [2.75, 3.05) is 13.7 Å². The molecule has 0 aliphatic rings. The van der Waals surface area contributed by atoms with Gasteiger partial charge < -0.3 is 4.74 Å². The Morgan fingerprint density at radius 1 is 1.47 bits per heavy atom. The summed E-state index contributed by atoms with van der Waals surface area (Å²) in [6.45, 7) is 2.36. The van der Waals surface area contributed by atoms with Crippen molar-refractivity contribution in [2.45, 2.75) is 12.8 Å². The molecule has 0 aliphatic carbocycles. The molecule has 2 aromatic rings. The highest BCUT2D eigenvalue weighted by Gasteiger charge is 2.17. The highest BCUT2D eigenvalue weighted by atomic mass is 19.1. The lowest BCUT2D eigenvalue weighted by Crippen LogP contribution is -2.06. The van der Waals surface area contributed by atoms with Crippen LogP contribution in [0.15, 0.2) is 30.5 Å². The van der Waals surface area contributed by atoms with Crippen LogP contribution in [0.3, 0.4) is 0 Å². The summed E-state index contributed by atoms with van der Waals surface area (Å²) in [7, 11) is 1.59. The topological polar surface area (TPSA) is 44.1 Å². The molecular formula is C14H15FN2O2. The maximum atomic E-state index is 13.7. The SMILES string of the molecule is COCC(C)c1nn(-c2ccccc2F)cc1C=O. The maximum absolute atomic E-state index is 13.7. The number of benzene rings is 1. The Morgan fingerprint density at radius 2 is 2.21 bits per heavy atom. The third-order valence-corrected chi connectivity index (χ3v) is 2.88. The number of carbonyl (C=O) groups is 1. The zero-order valence-electron chi connectivity index (χ0n) is 10.8. The fourth-order valence-electron chi connectivity index (χ4n) is 1.96. The fraction of sp³-hybridized carbons (Fsp3) is 0.286. The molecule has 0 saturated heterocycles. The molecule has 1 heterocycles. The molecule has 100 valence electrons. The predicted octanol–water partition coefficient (Wildman–Crippen LogP) is 2.57. The van der Waals surface area contributed by atoms with Crippen molar-refractivity contribution in [3.8, 4) is 5.69 Å². The average molecular weight is 262 g/mol. The van der Waals surface area contributed by atoms with E-state index in [1.54, 1.807) is 25.3 Å². The third kappa shape index (κ3) is 2.71. The fourth-order valence-corrected chi connectivity index (χ4v) is 1.96. The summed E-state index contributed by atoms with van der Waals surface area (Å²) >= 11 is 0. The first-order valence-corrected chi connectivity index (χ1v) is 5.96. The lowest BCUT2D eigenvalue weighted by Gasteiger charge is -2.07. The van der Waals surface area contributed by atoms with Gasteiger partial charge in [0.15, 0.2) is 6.29 Å². The second-order valence-corrected chi connectivity index (χ2v) is 4.34. The van der Waals surface area contributed by atoms with Crippen LogP contribution in [0.25, 0.3) is 5.69 Å². The second kappa shape index (κ2) is 5.75. The lowest BCUT2D eigenvalue weighted by atomic mass is 10.1. The number of hydrogen-bond donors (Lipinski definition) is 0. The monoisotopic (exact) mass is 262 g/mol. The van der Waals surface area contributed by atoms with E-state index in [-0.39, 0.29) is 11.7 Å². The molecule has 1 aromatic carbocycles. The Bertz CT molecular complexity index is 581. The van der Waals surface area contributed by atoms with Crippen LogP contribution in [0.5, 0.6) is 0 Å². The molecule has 0 fully saturated rings. The van der Waals surface area contributed by atoms with Crippen LogP contribution in [0.1, 0.15) is 28.9 Å². The Labute approximate surface area is 110 Å². The van der Waals surface area contributed by atoms with Gasteiger partial charge in [0, 0.05) is 19.2 Å². The van der Waals surface area contributed by atoms with Gasteiger partial charge in [0.25, 0.3) is 0 Å². The molecule has 0 amide bonds. The number of aromatic nitrogens is 2. The van der Waals surface area contributed by atoms with E-state index in [9.17, 15) is 9.18 Å². The first-order valence-electron chi connectivity index (χ1n) is 5.96. The van der Waals surface area contributed by atoms with Gasteiger partial charge in [-0.25, -0.2) is 9.07 Å².